The molecule has 0 aliphatic heterocycles. The molecule has 9 rings (SSSR count). The van der Waals surface area contributed by atoms with Crippen LogP contribution in [0.2, 0.25) is 0 Å². The molecule has 2 aromatic heterocycles. The Balaban J connectivity index is 1.11. The Morgan fingerprint density at radius 3 is 1.81 bits per heavy atom. The van der Waals surface area contributed by atoms with Gasteiger partial charge in [0.15, 0.2) is 5.82 Å². The first-order valence-corrected chi connectivity index (χ1v) is 17.6. The maximum Gasteiger partial charge on any atom is 0.163 e. The van der Waals surface area contributed by atoms with Gasteiger partial charge in [0.2, 0.25) is 0 Å². The molecule has 0 atom stereocenters. The van der Waals surface area contributed by atoms with E-state index in [4.69, 9.17) is 19.4 Å². The zero-order valence-corrected chi connectivity index (χ0v) is 26.8. The third-order valence-electron chi connectivity index (χ3n) is 10.6. The van der Waals surface area contributed by atoms with Crippen molar-refractivity contribution in [3.05, 3.63) is 115 Å². The highest BCUT2D eigenvalue weighted by molar-refractivity contribution is 6.20. The van der Waals surface area contributed by atoms with Gasteiger partial charge in [-0.05, 0) is 71.3 Å². The highest BCUT2D eigenvalue weighted by atomic mass is 16.3. The summed E-state index contributed by atoms with van der Waals surface area (Å²) < 4.78 is 6.57. The summed E-state index contributed by atoms with van der Waals surface area (Å²) in [6.45, 7) is 0. The maximum absolute atomic E-state index is 6.57. The van der Waals surface area contributed by atoms with Crippen molar-refractivity contribution in [2.75, 3.05) is 0 Å². The fourth-order valence-electron chi connectivity index (χ4n) is 8.12. The lowest BCUT2D eigenvalue weighted by Crippen LogP contribution is -2.16. The smallest absolute Gasteiger partial charge is 0.163 e. The van der Waals surface area contributed by atoms with E-state index in [2.05, 4.69) is 103 Å². The van der Waals surface area contributed by atoms with Crippen molar-refractivity contribution in [3.8, 4) is 33.6 Å². The van der Waals surface area contributed by atoms with E-state index in [0.717, 1.165) is 61.8 Å². The van der Waals surface area contributed by atoms with Crippen LogP contribution in [0.5, 0.6) is 0 Å². The molecule has 0 spiro atoms. The van der Waals surface area contributed by atoms with Crippen molar-refractivity contribution >= 4 is 32.7 Å². The monoisotopic (exact) mass is 613 g/mol. The fraction of sp³-hybridized carbons (Fsp3) is 0.279. The van der Waals surface area contributed by atoms with E-state index in [0.29, 0.717) is 11.8 Å². The van der Waals surface area contributed by atoms with Gasteiger partial charge in [0.05, 0.1) is 0 Å². The van der Waals surface area contributed by atoms with Crippen LogP contribution in [0.25, 0.3) is 66.4 Å². The third-order valence-corrected chi connectivity index (χ3v) is 10.6. The number of benzene rings is 5. The highest BCUT2D eigenvalue weighted by Crippen LogP contribution is 2.40. The minimum Gasteiger partial charge on any atom is -0.455 e. The average molecular weight is 614 g/mol. The van der Waals surface area contributed by atoms with Crippen LogP contribution in [0, 0.1) is 0 Å². The van der Waals surface area contributed by atoms with E-state index in [-0.39, 0.29) is 0 Å². The lowest BCUT2D eigenvalue weighted by Gasteiger charge is -2.24. The zero-order valence-electron chi connectivity index (χ0n) is 26.8. The number of fused-ring (bicyclic) bond motifs is 5. The Morgan fingerprint density at radius 1 is 0.489 bits per heavy atom. The van der Waals surface area contributed by atoms with Gasteiger partial charge in [0.1, 0.15) is 22.8 Å². The molecule has 7 aromatic rings. The van der Waals surface area contributed by atoms with Crippen molar-refractivity contribution in [2.45, 2.75) is 76.0 Å². The molecule has 2 saturated carbocycles. The van der Waals surface area contributed by atoms with E-state index in [1.54, 1.807) is 0 Å². The molecule has 0 unspecified atom stereocenters. The highest BCUT2D eigenvalue weighted by Gasteiger charge is 2.25. The summed E-state index contributed by atoms with van der Waals surface area (Å²) in [6, 6.07) is 36.9. The molecule has 2 aliphatic rings. The van der Waals surface area contributed by atoms with Gasteiger partial charge >= 0.3 is 0 Å². The number of nitrogens with zero attached hydrogens (tertiary/aromatic N) is 3. The lowest BCUT2D eigenvalue weighted by molar-refractivity contribution is 0.409. The largest absolute Gasteiger partial charge is 0.455 e. The minimum absolute atomic E-state index is 0.451. The Morgan fingerprint density at radius 2 is 1.09 bits per heavy atom. The van der Waals surface area contributed by atoms with Crippen LogP contribution in [0.4, 0.5) is 0 Å². The van der Waals surface area contributed by atoms with Gasteiger partial charge < -0.3 is 4.42 Å². The zero-order chi connectivity index (χ0) is 31.2. The summed E-state index contributed by atoms with van der Waals surface area (Å²) in [5.74, 6) is 3.78. The molecular formula is C43H39N3O. The van der Waals surface area contributed by atoms with Gasteiger partial charge in [0.25, 0.3) is 0 Å². The summed E-state index contributed by atoms with van der Waals surface area (Å²) in [7, 11) is 0. The third kappa shape index (κ3) is 5.30. The predicted octanol–water partition coefficient (Wildman–Crippen LogP) is 12.0. The summed E-state index contributed by atoms with van der Waals surface area (Å²) in [4.78, 5) is 15.5. The van der Waals surface area contributed by atoms with Crippen molar-refractivity contribution in [1.29, 1.82) is 0 Å². The molecule has 2 fully saturated rings. The summed E-state index contributed by atoms with van der Waals surface area (Å²) in [5, 5.41) is 4.79. The Kier molecular flexibility index (Phi) is 7.30. The molecule has 232 valence electrons. The van der Waals surface area contributed by atoms with Crippen LogP contribution < -0.4 is 0 Å². The van der Waals surface area contributed by atoms with Gasteiger partial charge in [-0.15, -0.1) is 0 Å². The van der Waals surface area contributed by atoms with E-state index in [1.807, 2.05) is 0 Å². The molecule has 4 heteroatoms. The predicted molar refractivity (Wildman–Crippen MR) is 193 cm³/mol. The molecule has 2 aliphatic carbocycles. The Labute approximate surface area is 275 Å². The molecule has 0 N–H and O–H groups in total. The van der Waals surface area contributed by atoms with Crippen molar-refractivity contribution in [2.24, 2.45) is 0 Å². The van der Waals surface area contributed by atoms with Crippen molar-refractivity contribution < 1.29 is 4.42 Å². The molecular weight excluding hydrogens is 574 g/mol. The topological polar surface area (TPSA) is 51.8 Å². The molecule has 0 bridgehead atoms. The molecule has 47 heavy (non-hydrogen) atoms. The van der Waals surface area contributed by atoms with Gasteiger partial charge in [-0.2, -0.15) is 0 Å². The van der Waals surface area contributed by atoms with Crippen molar-refractivity contribution in [3.63, 3.8) is 0 Å². The van der Waals surface area contributed by atoms with E-state index in [9.17, 15) is 0 Å². The van der Waals surface area contributed by atoms with Crippen LogP contribution in [0.1, 0.15) is 87.7 Å². The summed E-state index contributed by atoms with van der Waals surface area (Å²) >= 11 is 0. The SMILES string of the molecule is c1cc(-c2cccc(-c3cccc4c3oc3ccc5ccccc5c34)c2)cc(-c2nc(C3CCCCC3)nc(C3CCCCC3)n2)c1. The number of para-hydroxylation sites is 1. The van der Waals surface area contributed by atoms with E-state index < -0.39 is 0 Å². The molecule has 2 heterocycles. The second kappa shape index (κ2) is 12.1. The van der Waals surface area contributed by atoms with Crippen LogP contribution in [-0.4, -0.2) is 15.0 Å². The van der Waals surface area contributed by atoms with Gasteiger partial charge in [-0.1, -0.05) is 123 Å². The van der Waals surface area contributed by atoms with Crippen LogP contribution in [-0.2, 0) is 0 Å². The number of aromatic nitrogens is 3. The van der Waals surface area contributed by atoms with E-state index >= 15 is 0 Å². The maximum atomic E-state index is 6.57. The van der Waals surface area contributed by atoms with Gasteiger partial charge in [-0.25, -0.2) is 15.0 Å². The van der Waals surface area contributed by atoms with Crippen LogP contribution in [0.3, 0.4) is 0 Å². The normalized spacial score (nSPS) is 16.3. The van der Waals surface area contributed by atoms with Crippen molar-refractivity contribution in [1.82, 2.24) is 15.0 Å². The van der Waals surface area contributed by atoms with E-state index in [1.165, 1.54) is 80.4 Å². The summed E-state index contributed by atoms with van der Waals surface area (Å²) in [5.41, 5.74) is 7.49. The first-order valence-electron chi connectivity index (χ1n) is 17.6. The Hall–Kier alpha value is -4.83. The second-order valence-electron chi connectivity index (χ2n) is 13.7. The number of rotatable bonds is 5. The van der Waals surface area contributed by atoms with Crippen LogP contribution in [0.15, 0.2) is 108 Å². The molecule has 5 aromatic carbocycles. The Bertz CT molecular complexity index is 2200. The summed E-state index contributed by atoms with van der Waals surface area (Å²) in [6.07, 6.45) is 12.5. The standard InChI is InChI=1S/C43H39N3O/c1-3-13-29(14-4-1)41-44-42(30-15-5-2-6-16-30)46-43(45-41)34-20-10-18-32(27-34)31-17-9-19-33(26-31)36-22-11-23-37-39-35-21-8-7-12-28(35)24-25-38(39)47-40(36)37/h7-12,17-27,29-30H,1-6,13-16H2. The lowest BCUT2D eigenvalue weighted by atomic mass is 9.87. The fourth-order valence-corrected chi connectivity index (χ4v) is 8.12. The number of hydrogen-bond donors (Lipinski definition) is 0. The first kappa shape index (κ1) is 28.4. The van der Waals surface area contributed by atoms with Gasteiger partial charge in [0, 0.05) is 33.7 Å². The van der Waals surface area contributed by atoms with Gasteiger partial charge in [-0.3, -0.25) is 0 Å². The van der Waals surface area contributed by atoms with Crippen LogP contribution >= 0.6 is 0 Å². The minimum atomic E-state index is 0.451. The average Bonchev–Trinajstić information content (AvgIpc) is 3.55. The molecule has 0 amide bonds. The number of furan rings is 1. The quantitative estimate of drug-likeness (QED) is 0.194. The first-order chi connectivity index (χ1) is 23.3. The number of hydrogen-bond acceptors (Lipinski definition) is 4. The molecule has 0 radical (unpaired) electrons. The molecule has 0 saturated heterocycles. The molecule has 4 nitrogen and oxygen atoms in total. The second-order valence-corrected chi connectivity index (χ2v) is 13.7.